The van der Waals surface area contributed by atoms with E-state index in [1.807, 2.05) is 24.4 Å². The molecule has 0 aromatic carbocycles. The minimum atomic E-state index is -0.568. The average molecular weight is 262 g/mol. The highest BCUT2D eigenvalue weighted by Gasteiger charge is 2.11. The number of anilines is 2. The Morgan fingerprint density at radius 2 is 2.22 bits per heavy atom. The maximum atomic E-state index is 11.1. The molecule has 5 N–H and O–H groups in total. The minimum Gasteiger partial charge on any atom is -0.396 e. The van der Waals surface area contributed by atoms with E-state index in [2.05, 4.69) is 10.3 Å². The molecule has 94 valence electrons. The molecule has 0 radical (unpaired) electrons. The Morgan fingerprint density at radius 3 is 2.83 bits per heavy atom. The van der Waals surface area contributed by atoms with Crippen molar-refractivity contribution in [1.29, 1.82) is 0 Å². The zero-order valence-electron chi connectivity index (χ0n) is 9.88. The van der Waals surface area contributed by atoms with Gasteiger partial charge in [0.05, 0.1) is 11.7 Å². The number of rotatable bonds is 4. The van der Waals surface area contributed by atoms with Gasteiger partial charge in [0.1, 0.15) is 5.69 Å². The lowest BCUT2D eigenvalue weighted by Crippen LogP contribution is -2.16. The van der Waals surface area contributed by atoms with Crippen LogP contribution < -0.4 is 16.8 Å². The third-order valence-corrected chi connectivity index (χ3v) is 3.56. The van der Waals surface area contributed by atoms with Gasteiger partial charge in [-0.15, -0.1) is 11.3 Å². The molecule has 1 atom stereocenters. The largest absolute Gasteiger partial charge is 0.396 e. The van der Waals surface area contributed by atoms with E-state index in [1.165, 1.54) is 10.9 Å². The van der Waals surface area contributed by atoms with Gasteiger partial charge in [0.2, 0.25) is 0 Å². The molecule has 5 nitrogen and oxygen atoms in total. The summed E-state index contributed by atoms with van der Waals surface area (Å²) in [5, 5.41) is 5.18. The first kappa shape index (κ1) is 12.4. The highest BCUT2D eigenvalue weighted by atomic mass is 32.1. The molecule has 0 aliphatic rings. The molecular weight excluding hydrogens is 248 g/mol. The number of carbonyl (C=O) groups is 1. The van der Waals surface area contributed by atoms with Gasteiger partial charge >= 0.3 is 0 Å². The van der Waals surface area contributed by atoms with E-state index in [0.29, 0.717) is 11.5 Å². The van der Waals surface area contributed by atoms with Crippen LogP contribution in [0.1, 0.15) is 28.3 Å². The summed E-state index contributed by atoms with van der Waals surface area (Å²) in [6.45, 7) is 2.00. The van der Waals surface area contributed by atoms with E-state index in [-0.39, 0.29) is 11.7 Å². The number of hydrogen-bond acceptors (Lipinski definition) is 5. The number of primary amides is 1. The summed E-state index contributed by atoms with van der Waals surface area (Å²) in [5.74, 6) is -0.0889. The smallest absolute Gasteiger partial charge is 0.267 e. The quantitative estimate of drug-likeness (QED) is 0.785. The van der Waals surface area contributed by atoms with E-state index in [1.54, 1.807) is 17.4 Å². The summed E-state index contributed by atoms with van der Waals surface area (Å²) in [7, 11) is 0. The third-order valence-electron chi connectivity index (χ3n) is 2.50. The van der Waals surface area contributed by atoms with Crippen LogP contribution in [0.5, 0.6) is 0 Å². The summed E-state index contributed by atoms with van der Waals surface area (Å²) in [6, 6.07) is 7.21. The highest BCUT2D eigenvalue weighted by Crippen LogP contribution is 2.25. The van der Waals surface area contributed by atoms with Crippen molar-refractivity contribution in [3.05, 3.63) is 40.2 Å². The molecule has 2 rings (SSSR count). The van der Waals surface area contributed by atoms with Gasteiger partial charge in [-0.2, -0.15) is 0 Å². The molecular formula is C12H14N4OS. The van der Waals surface area contributed by atoms with Gasteiger partial charge in [0, 0.05) is 4.88 Å². The number of aromatic nitrogens is 1. The number of amides is 1. The SMILES string of the molecule is CC(Nc1nc(C(N)=O)ccc1N)c1cccs1. The molecule has 1 unspecified atom stereocenters. The second-order valence-electron chi connectivity index (χ2n) is 3.88. The fourth-order valence-corrected chi connectivity index (χ4v) is 2.27. The topological polar surface area (TPSA) is 94.0 Å². The second-order valence-corrected chi connectivity index (χ2v) is 4.86. The lowest BCUT2D eigenvalue weighted by atomic mass is 10.2. The summed E-state index contributed by atoms with van der Waals surface area (Å²) in [6.07, 6.45) is 0. The molecule has 0 spiro atoms. The van der Waals surface area contributed by atoms with E-state index in [4.69, 9.17) is 11.5 Å². The molecule has 0 saturated heterocycles. The maximum Gasteiger partial charge on any atom is 0.267 e. The zero-order chi connectivity index (χ0) is 13.1. The summed E-state index contributed by atoms with van der Waals surface area (Å²) >= 11 is 1.64. The van der Waals surface area contributed by atoms with Crippen LogP contribution in [0.2, 0.25) is 0 Å². The predicted octanol–water partition coefficient (Wildman–Crippen LogP) is 2.00. The minimum absolute atomic E-state index is 0.0722. The normalized spacial score (nSPS) is 12.1. The predicted molar refractivity (Wildman–Crippen MR) is 73.5 cm³/mol. The third kappa shape index (κ3) is 2.60. The van der Waals surface area contributed by atoms with Crippen molar-refractivity contribution in [1.82, 2.24) is 4.98 Å². The summed E-state index contributed by atoms with van der Waals surface area (Å²) in [5.41, 5.74) is 11.7. The Bertz CT molecular complexity index is 553. The molecule has 2 aromatic heterocycles. The number of hydrogen-bond donors (Lipinski definition) is 3. The van der Waals surface area contributed by atoms with Crippen LogP contribution in [0.15, 0.2) is 29.6 Å². The summed E-state index contributed by atoms with van der Waals surface area (Å²) in [4.78, 5) is 16.4. The lowest BCUT2D eigenvalue weighted by Gasteiger charge is -2.15. The lowest BCUT2D eigenvalue weighted by molar-refractivity contribution is 0.0995. The van der Waals surface area contributed by atoms with Gasteiger partial charge in [-0.05, 0) is 30.5 Å². The fourth-order valence-electron chi connectivity index (χ4n) is 1.54. The monoisotopic (exact) mass is 262 g/mol. The van der Waals surface area contributed by atoms with E-state index < -0.39 is 5.91 Å². The molecule has 1 amide bonds. The van der Waals surface area contributed by atoms with Crippen molar-refractivity contribution in [3.63, 3.8) is 0 Å². The number of nitrogens with zero attached hydrogens (tertiary/aromatic N) is 1. The van der Waals surface area contributed by atoms with Crippen LogP contribution >= 0.6 is 11.3 Å². The van der Waals surface area contributed by atoms with Crippen molar-refractivity contribution >= 4 is 28.7 Å². The van der Waals surface area contributed by atoms with E-state index >= 15 is 0 Å². The number of nitrogens with two attached hydrogens (primary N) is 2. The molecule has 18 heavy (non-hydrogen) atoms. The Balaban J connectivity index is 2.23. The highest BCUT2D eigenvalue weighted by molar-refractivity contribution is 7.10. The first-order valence-corrected chi connectivity index (χ1v) is 6.32. The number of nitrogen functional groups attached to an aromatic ring is 1. The fraction of sp³-hybridized carbons (Fsp3) is 0.167. The average Bonchev–Trinajstić information content (AvgIpc) is 2.85. The van der Waals surface area contributed by atoms with Gasteiger partial charge in [-0.3, -0.25) is 4.79 Å². The first-order valence-electron chi connectivity index (χ1n) is 5.44. The second kappa shape index (κ2) is 5.05. The van der Waals surface area contributed by atoms with Crippen LogP contribution in [0.4, 0.5) is 11.5 Å². The number of carbonyl (C=O) groups excluding carboxylic acids is 1. The molecule has 0 fully saturated rings. The van der Waals surface area contributed by atoms with Crippen LogP contribution in [0.3, 0.4) is 0 Å². The van der Waals surface area contributed by atoms with Crippen molar-refractivity contribution in [3.8, 4) is 0 Å². The van der Waals surface area contributed by atoms with Crippen LogP contribution in [0.25, 0.3) is 0 Å². The van der Waals surface area contributed by atoms with Gasteiger partial charge in [0.15, 0.2) is 5.82 Å². The Kier molecular flexibility index (Phi) is 3.47. The Morgan fingerprint density at radius 1 is 1.44 bits per heavy atom. The van der Waals surface area contributed by atoms with Crippen molar-refractivity contribution < 1.29 is 4.79 Å². The number of thiophene rings is 1. The molecule has 0 aliphatic heterocycles. The van der Waals surface area contributed by atoms with Crippen molar-refractivity contribution in [2.24, 2.45) is 5.73 Å². The van der Waals surface area contributed by atoms with Crippen molar-refractivity contribution in [2.45, 2.75) is 13.0 Å². The van der Waals surface area contributed by atoms with E-state index in [0.717, 1.165) is 0 Å². The summed E-state index contributed by atoms with van der Waals surface area (Å²) < 4.78 is 0. The number of pyridine rings is 1. The number of nitrogens with one attached hydrogen (secondary N) is 1. The van der Waals surface area contributed by atoms with Crippen LogP contribution in [0, 0.1) is 0 Å². The maximum absolute atomic E-state index is 11.1. The van der Waals surface area contributed by atoms with Crippen LogP contribution in [-0.2, 0) is 0 Å². The molecule has 0 saturated carbocycles. The molecule has 2 heterocycles. The van der Waals surface area contributed by atoms with Gasteiger partial charge in [-0.1, -0.05) is 6.07 Å². The molecule has 6 heteroatoms. The van der Waals surface area contributed by atoms with Gasteiger partial charge in [-0.25, -0.2) is 4.98 Å². The first-order chi connectivity index (χ1) is 8.58. The van der Waals surface area contributed by atoms with Gasteiger partial charge < -0.3 is 16.8 Å². The zero-order valence-corrected chi connectivity index (χ0v) is 10.7. The van der Waals surface area contributed by atoms with E-state index in [9.17, 15) is 4.79 Å². The standard InChI is InChI=1S/C12H14N4OS/c1-7(10-3-2-6-18-10)15-12-8(13)4-5-9(16-12)11(14)17/h2-7H,13H2,1H3,(H2,14,17)(H,15,16). The molecule has 0 bridgehead atoms. The van der Waals surface area contributed by atoms with Crippen LogP contribution in [-0.4, -0.2) is 10.9 Å². The molecule has 2 aromatic rings. The van der Waals surface area contributed by atoms with Gasteiger partial charge in [0.25, 0.3) is 5.91 Å². The van der Waals surface area contributed by atoms with Crippen molar-refractivity contribution in [2.75, 3.05) is 11.1 Å². The Labute approximate surface area is 109 Å². The Hall–Kier alpha value is -2.08. The molecule has 0 aliphatic carbocycles.